The first-order valence-electron chi connectivity index (χ1n) is 7.20. The zero-order chi connectivity index (χ0) is 17.7. The van der Waals surface area contributed by atoms with Gasteiger partial charge in [-0.3, -0.25) is 9.59 Å². The molecule has 0 saturated heterocycles. The molecule has 2 rings (SSSR count). The van der Waals surface area contributed by atoms with Crippen LogP contribution in [0.25, 0.3) is 0 Å². The van der Waals surface area contributed by atoms with Gasteiger partial charge in [-0.15, -0.1) is 11.3 Å². The highest BCUT2D eigenvalue weighted by atomic mass is 32.1. The van der Waals surface area contributed by atoms with E-state index in [1.165, 1.54) is 7.05 Å². The lowest BCUT2D eigenvalue weighted by atomic mass is 10.1. The van der Waals surface area contributed by atoms with Crippen molar-refractivity contribution in [3.63, 3.8) is 0 Å². The molecule has 0 radical (unpaired) electrons. The van der Waals surface area contributed by atoms with Gasteiger partial charge < -0.3 is 20.1 Å². The van der Waals surface area contributed by atoms with Crippen molar-refractivity contribution in [1.29, 1.82) is 0 Å². The van der Waals surface area contributed by atoms with E-state index in [1.807, 2.05) is 13.0 Å². The van der Waals surface area contributed by atoms with E-state index in [0.29, 0.717) is 11.5 Å². The Morgan fingerprint density at radius 1 is 1.17 bits per heavy atom. The highest BCUT2D eigenvalue weighted by Crippen LogP contribution is 2.29. The molecule has 1 heterocycles. The summed E-state index contributed by atoms with van der Waals surface area (Å²) in [5, 5.41) is 7.13. The second-order valence-electron chi connectivity index (χ2n) is 4.93. The molecule has 0 saturated carbocycles. The Morgan fingerprint density at radius 3 is 2.50 bits per heavy atom. The van der Waals surface area contributed by atoms with E-state index in [9.17, 15) is 9.59 Å². The summed E-state index contributed by atoms with van der Waals surface area (Å²) in [6.45, 7) is 1.85. The molecular weight excluding hydrogens is 330 g/mol. The lowest BCUT2D eigenvalue weighted by Gasteiger charge is -2.16. The average Bonchev–Trinajstić information content (AvgIpc) is 3.10. The quantitative estimate of drug-likeness (QED) is 0.833. The number of benzene rings is 1. The van der Waals surface area contributed by atoms with Crippen molar-refractivity contribution in [1.82, 2.24) is 15.6 Å². The van der Waals surface area contributed by atoms with Crippen LogP contribution in [-0.4, -0.2) is 38.1 Å². The standard InChI is InChI=1S/C16H19N3O4S/c1-9(10-5-6-12(22-3)13(7-10)23-4)18-14(20)11-8-24-16(19-11)15(21)17-2/h5-9H,1-4H3,(H,17,21)(H,18,20)/t9-/m1/s1. The van der Waals surface area contributed by atoms with Crippen LogP contribution < -0.4 is 20.1 Å². The fourth-order valence-corrected chi connectivity index (χ4v) is 2.81. The van der Waals surface area contributed by atoms with Crippen LogP contribution in [0.2, 0.25) is 0 Å². The molecule has 0 aliphatic carbocycles. The maximum Gasteiger partial charge on any atom is 0.280 e. The highest BCUT2D eigenvalue weighted by Gasteiger charge is 2.18. The molecule has 0 fully saturated rings. The summed E-state index contributed by atoms with van der Waals surface area (Å²) in [6.07, 6.45) is 0. The molecule has 2 amide bonds. The van der Waals surface area contributed by atoms with Gasteiger partial charge in [-0.25, -0.2) is 4.98 Å². The summed E-state index contributed by atoms with van der Waals surface area (Å²) in [4.78, 5) is 27.8. The van der Waals surface area contributed by atoms with Crippen molar-refractivity contribution in [3.05, 3.63) is 39.8 Å². The Morgan fingerprint density at radius 2 is 1.88 bits per heavy atom. The van der Waals surface area contributed by atoms with Crippen LogP contribution >= 0.6 is 11.3 Å². The van der Waals surface area contributed by atoms with Gasteiger partial charge in [0.2, 0.25) is 0 Å². The number of nitrogens with one attached hydrogen (secondary N) is 2. The summed E-state index contributed by atoms with van der Waals surface area (Å²) >= 11 is 1.12. The van der Waals surface area contributed by atoms with Crippen molar-refractivity contribution in [2.24, 2.45) is 0 Å². The number of methoxy groups -OCH3 is 2. The molecule has 8 heteroatoms. The van der Waals surface area contributed by atoms with E-state index in [1.54, 1.807) is 31.7 Å². The number of ether oxygens (including phenoxy) is 2. The summed E-state index contributed by atoms with van der Waals surface area (Å²) in [7, 11) is 4.64. The number of thiazole rings is 1. The van der Waals surface area contributed by atoms with Crippen molar-refractivity contribution < 1.29 is 19.1 Å². The van der Waals surface area contributed by atoms with Gasteiger partial charge in [0.1, 0.15) is 5.69 Å². The van der Waals surface area contributed by atoms with Crippen molar-refractivity contribution >= 4 is 23.2 Å². The predicted molar refractivity (Wildman–Crippen MR) is 90.9 cm³/mol. The number of carbonyl (C=O) groups is 2. The molecule has 2 aromatic rings. The molecule has 1 atom stereocenters. The van der Waals surface area contributed by atoms with Crippen molar-refractivity contribution in [3.8, 4) is 11.5 Å². The normalized spacial score (nSPS) is 11.5. The monoisotopic (exact) mass is 349 g/mol. The topological polar surface area (TPSA) is 89.6 Å². The zero-order valence-electron chi connectivity index (χ0n) is 13.9. The van der Waals surface area contributed by atoms with Gasteiger partial charge in [0.05, 0.1) is 20.3 Å². The number of rotatable bonds is 6. The van der Waals surface area contributed by atoms with Crippen LogP contribution in [0, 0.1) is 0 Å². The summed E-state index contributed by atoms with van der Waals surface area (Å²) < 4.78 is 10.5. The molecule has 1 aromatic carbocycles. The second-order valence-corrected chi connectivity index (χ2v) is 5.78. The second kappa shape index (κ2) is 7.78. The summed E-state index contributed by atoms with van der Waals surface area (Å²) in [5.74, 6) is 0.553. The van der Waals surface area contributed by atoms with Crippen LogP contribution in [-0.2, 0) is 0 Å². The van der Waals surface area contributed by atoms with Crippen LogP contribution in [0.4, 0.5) is 0 Å². The van der Waals surface area contributed by atoms with Gasteiger partial charge in [-0.1, -0.05) is 6.07 Å². The first kappa shape index (κ1) is 17.7. The van der Waals surface area contributed by atoms with Crippen LogP contribution in [0.3, 0.4) is 0 Å². The maximum absolute atomic E-state index is 12.3. The molecule has 2 N–H and O–H groups in total. The van der Waals surface area contributed by atoms with Gasteiger partial charge >= 0.3 is 0 Å². The van der Waals surface area contributed by atoms with Crippen molar-refractivity contribution in [2.75, 3.05) is 21.3 Å². The van der Waals surface area contributed by atoms with Crippen molar-refractivity contribution in [2.45, 2.75) is 13.0 Å². The fourth-order valence-electron chi connectivity index (χ4n) is 2.07. The van der Waals surface area contributed by atoms with Gasteiger partial charge in [-0.05, 0) is 24.6 Å². The first-order chi connectivity index (χ1) is 11.5. The molecule has 0 spiro atoms. The Hall–Kier alpha value is -2.61. The van der Waals surface area contributed by atoms with Crippen LogP contribution in [0.15, 0.2) is 23.6 Å². The molecule has 7 nitrogen and oxygen atoms in total. The summed E-state index contributed by atoms with van der Waals surface area (Å²) in [6, 6.07) is 5.18. The Balaban J connectivity index is 2.11. The highest BCUT2D eigenvalue weighted by molar-refractivity contribution is 7.11. The van der Waals surface area contributed by atoms with E-state index in [4.69, 9.17) is 9.47 Å². The lowest BCUT2D eigenvalue weighted by molar-refractivity contribution is 0.0935. The molecule has 1 aromatic heterocycles. The van der Waals surface area contributed by atoms with E-state index in [2.05, 4.69) is 15.6 Å². The van der Waals surface area contributed by atoms with Gasteiger partial charge in [0.15, 0.2) is 16.5 Å². The maximum atomic E-state index is 12.3. The van der Waals surface area contributed by atoms with E-state index in [-0.39, 0.29) is 28.6 Å². The van der Waals surface area contributed by atoms with Crippen LogP contribution in [0.1, 0.15) is 38.8 Å². The average molecular weight is 349 g/mol. The third-order valence-corrected chi connectivity index (χ3v) is 4.25. The van der Waals surface area contributed by atoms with Crippen LogP contribution in [0.5, 0.6) is 11.5 Å². The zero-order valence-corrected chi connectivity index (χ0v) is 14.7. The van der Waals surface area contributed by atoms with E-state index < -0.39 is 0 Å². The van der Waals surface area contributed by atoms with Gasteiger partial charge in [-0.2, -0.15) is 0 Å². The van der Waals surface area contributed by atoms with E-state index >= 15 is 0 Å². The first-order valence-corrected chi connectivity index (χ1v) is 8.08. The molecule has 128 valence electrons. The molecule has 0 aliphatic rings. The smallest absolute Gasteiger partial charge is 0.280 e. The van der Waals surface area contributed by atoms with Gasteiger partial charge in [0.25, 0.3) is 11.8 Å². The Bertz CT molecular complexity index is 745. The minimum absolute atomic E-state index is 0.214. The molecular formula is C16H19N3O4S. The Labute approximate surface area is 144 Å². The number of hydrogen-bond donors (Lipinski definition) is 2. The largest absolute Gasteiger partial charge is 0.493 e. The number of carbonyl (C=O) groups excluding carboxylic acids is 2. The predicted octanol–water partition coefficient (Wildman–Crippen LogP) is 2.01. The third kappa shape index (κ3) is 3.83. The minimum atomic E-state index is -0.344. The number of aromatic nitrogens is 1. The lowest BCUT2D eigenvalue weighted by Crippen LogP contribution is -2.27. The van der Waals surface area contributed by atoms with Gasteiger partial charge in [0, 0.05) is 12.4 Å². The molecule has 0 aliphatic heterocycles. The minimum Gasteiger partial charge on any atom is -0.493 e. The SMILES string of the molecule is CNC(=O)c1nc(C(=O)N[C@H](C)c2ccc(OC)c(OC)c2)cs1. The number of nitrogens with zero attached hydrogens (tertiary/aromatic N) is 1. The summed E-state index contributed by atoms with van der Waals surface area (Å²) in [5.41, 5.74) is 1.08. The number of amides is 2. The fraction of sp³-hybridized carbons (Fsp3) is 0.312. The Kier molecular flexibility index (Phi) is 5.75. The molecule has 0 bridgehead atoms. The molecule has 0 unspecified atom stereocenters. The van der Waals surface area contributed by atoms with E-state index in [0.717, 1.165) is 16.9 Å². The number of hydrogen-bond acceptors (Lipinski definition) is 6. The molecule has 24 heavy (non-hydrogen) atoms. The third-order valence-electron chi connectivity index (χ3n) is 3.41.